The van der Waals surface area contributed by atoms with E-state index in [1.165, 1.54) is 43.5 Å². The molecule has 3 heteroatoms. The summed E-state index contributed by atoms with van der Waals surface area (Å²) in [6.45, 7) is 2.13. The number of H-pyrrole nitrogens is 1. The lowest BCUT2D eigenvalue weighted by atomic mass is 9.51. The molecule has 5 aliphatic rings. The third kappa shape index (κ3) is 1.51. The maximum absolute atomic E-state index is 4.78. The maximum atomic E-state index is 4.78. The number of rotatable bonds is 1. The van der Waals surface area contributed by atoms with Crippen LogP contribution in [0.3, 0.4) is 0 Å². The van der Waals surface area contributed by atoms with E-state index in [0.29, 0.717) is 0 Å². The topological polar surface area (TPSA) is 40.7 Å². The zero-order valence-electron chi connectivity index (χ0n) is 11.5. The van der Waals surface area contributed by atoms with Crippen LogP contribution in [0.1, 0.15) is 55.0 Å². The van der Waals surface area contributed by atoms with Crippen molar-refractivity contribution in [3.8, 4) is 0 Å². The molecule has 4 aliphatic carbocycles. The van der Waals surface area contributed by atoms with Gasteiger partial charge in [-0.15, -0.1) is 0 Å². The summed E-state index contributed by atoms with van der Waals surface area (Å²) in [5.41, 5.74) is 4.43. The number of hydrogen-bond acceptors (Lipinski definition) is 2. The van der Waals surface area contributed by atoms with E-state index in [-0.39, 0.29) is 0 Å². The van der Waals surface area contributed by atoms with Crippen LogP contribution in [0, 0.1) is 23.7 Å². The van der Waals surface area contributed by atoms with Crippen LogP contribution in [0.2, 0.25) is 0 Å². The minimum absolute atomic E-state index is 0.797. The quantitative estimate of drug-likeness (QED) is 0.812. The first-order chi connectivity index (χ1) is 9.38. The molecule has 102 valence electrons. The summed E-state index contributed by atoms with van der Waals surface area (Å²) in [7, 11) is 0. The van der Waals surface area contributed by atoms with Gasteiger partial charge in [-0.1, -0.05) is 0 Å². The molecule has 3 nitrogen and oxygen atoms in total. The Morgan fingerprint density at radius 3 is 2.42 bits per heavy atom. The zero-order valence-corrected chi connectivity index (χ0v) is 11.5. The van der Waals surface area contributed by atoms with Crippen LogP contribution in [-0.4, -0.2) is 16.7 Å². The van der Waals surface area contributed by atoms with Crippen LogP contribution < -0.4 is 5.32 Å². The molecule has 0 saturated heterocycles. The maximum Gasteiger partial charge on any atom is 0.0694 e. The van der Waals surface area contributed by atoms with Crippen molar-refractivity contribution in [2.45, 2.75) is 51.0 Å². The number of nitrogens with zero attached hydrogens (tertiary/aromatic N) is 1. The molecule has 0 atom stereocenters. The Morgan fingerprint density at radius 2 is 1.68 bits per heavy atom. The second-order valence-electron chi connectivity index (χ2n) is 7.45. The van der Waals surface area contributed by atoms with E-state index in [9.17, 15) is 0 Å². The number of aromatic nitrogens is 2. The molecule has 4 saturated carbocycles. The standard InChI is InChI=1S/C16H23N3/c1-2-17-8-14-13(1)16(19-18-14)15-11-4-9-3-10(6-11)7-12(15)5-9/h9-12,15,17H,1-8H2,(H,18,19). The van der Waals surface area contributed by atoms with Crippen molar-refractivity contribution in [3.63, 3.8) is 0 Å². The first-order valence-corrected chi connectivity index (χ1v) is 8.15. The molecule has 0 aromatic carbocycles. The van der Waals surface area contributed by atoms with Crippen molar-refractivity contribution in [1.82, 2.24) is 15.5 Å². The van der Waals surface area contributed by atoms with Gasteiger partial charge in [-0.3, -0.25) is 5.10 Å². The monoisotopic (exact) mass is 257 g/mol. The largest absolute Gasteiger partial charge is 0.311 e. The van der Waals surface area contributed by atoms with Crippen molar-refractivity contribution in [1.29, 1.82) is 0 Å². The highest BCUT2D eigenvalue weighted by Crippen LogP contribution is 2.59. The van der Waals surface area contributed by atoms with Gasteiger partial charge in [0.15, 0.2) is 0 Å². The Kier molecular flexibility index (Phi) is 2.21. The van der Waals surface area contributed by atoms with Gasteiger partial charge in [0, 0.05) is 12.5 Å². The van der Waals surface area contributed by atoms with Gasteiger partial charge in [0.2, 0.25) is 0 Å². The summed E-state index contributed by atoms with van der Waals surface area (Å²) in [6, 6.07) is 0. The Labute approximate surface area is 114 Å². The van der Waals surface area contributed by atoms with E-state index < -0.39 is 0 Å². The molecular weight excluding hydrogens is 234 g/mol. The van der Waals surface area contributed by atoms with Gasteiger partial charge in [0.25, 0.3) is 0 Å². The van der Waals surface area contributed by atoms with Gasteiger partial charge in [-0.05, 0) is 74.3 Å². The third-order valence-electron chi connectivity index (χ3n) is 6.38. The van der Waals surface area contributed by atoms with E-state index in [2.05, 4.69) is 10.4 Å². The smallest absolute Gasteiger partial charge is 0.0694 e. The fourth-order valence-electron chi connectivity index (χ4n) is 5.92. The Bertz CT molecular complexity index is 476. The third-order valence-corrected chi connectivity index (χ3v) is 6.38. The predicted molar refractivity (Wildman–Crippen MR) is 73.8 cm³/mol. The number of hydrogen-bond donors (Lipinski definition) is 2. The second kappa shape index (κ2) is 3.85. The van der Waals surface area contributed by atoms with Gasteiger partial charge in [-0.2, -0.15) is 5.10 Å². The molecule has 2 heterocycles. The highest BCUT2D eigenvalue weighted by molar-refractivity contribution is 5.32. The van der Waals surface area contributed by atoms with Crippen LogP contribution in [0.5, 0.6) is 0 Å². The molecule has 0 unspecified atom stereocenters. The lowest BCUT2D eigenvalue weighted by molar-refractivity contribution is -0.00446. The van der Waals surface area contributed by atoms with E-state index in [0.717, 1.165) is 42.7 Å². The van der Waals surface area contributed by atoms with Gasteiger partial charge in [0.1, 0.15) is 0 Å². The molecule has 19 heavy (non-hydrogen) atoms. The van der Waals surface area contributed by atoms with E-state index in [4.69, 9.17) is 5.10 Å². The van der Waals surface area contributed by atoms with Crippen molar-refractivity contribution >= 4 is 0 Å². The fraction of sp³-hybridized carbons (Fsp3) is 0.812. The van der Waals surface area contributed by atoms with E-state index in [1.807, 2.05) is 0 Å². The average molecular weight is 257 g/mol. The number of aromatic amines is 1. The van der Waals surface area contributed by atoms with Gasteiger partial charge < -0.3 is 5.32 Å². The lowest BCUT2D eigenvalue weighted by Gasteiger charge is -2.54. The van der Waals surface area contributed by atoms with Crippen LogP contribution >= 0.6 is 0 Å². The Balaban J connectivity index is 1.54. The minimum Gasteiger partial charge on any atom is -0.311 e. The summed E-state index contributed by atoms with van der Waals surface area (Å²) < 4.78 is 0. The molecule has 4 fully saturated rings. The summed E-state index contributed by atoms with van der Waals surface area (Å²) in [4.78, 5) is 0. The molecule has 2 N–H and O–H groups in total. The van der Waals surface area contributed by atoms with Crippen molar-refractivity contribution in [2.24, 2.45) is 23.7 Å². The summed E-state index contributed by atoms with van der Waals surface area (Å²) in [5.74, 6) is 4.84. The summed E-state index contributed by atoms with van der Waals surface area (Å²) in [6.07, 6.45) is 8.72. The molecule has 0 radical (unpaired) electrons. The van der Waals surface area contributed by atoms with Gasteiger partial charge in [-0.25, -0.2) is 0 Å². The number of nitrogens with one attached hydrogen (secondary N) is 2. The first kappa shape index (κ1) is 10.9. The molecule has 0 amide bonds. The molecule has 0 spiro atoms. The number of fused-ring (bicyclic) bond motifs is 1. The SMILES string of the molecule is C1Cc2c(C3C4CC5CC(C4)CC3C5)n[nH]c2CN1. The normalized spacial score (nSPS) is 43.5. The molecular formula is C16H23N3. The van der Waals surface area contributed by atoms with Crippen molar-refractivity contribution in [2.75, 3.05) is 6.54 Å². The predicted octanol–water partition coefficient (Wildman–Crippen LogP) is 2.60. The molecule has 1 aromatic rings. The molecule has 4 bridgehead atoms. The van der Waals surface area contributed by atoms with Gasteiger partial charge in [0.05, 0.1) is 11.4 Å². The average Bonchev–Trinajstić information content (AvgIpc) is 2.82. The van der Waals surface area contributed by atoms with Crippen LogP contribution in [0.4, 0.5) is 0 Å². The van der Waals surface area contributed by atoms with Crippen LogP contribution in [0.15, 0.2) is 0 Å². The molecule has 1 aromatic heterocycles. The minimum atomic E-state index is 0.797. The molecule has 6 rings (SSSR count). The zero-order chi connectivity index (χ0) is 12.4. The summed E-state index contributed by atoms with van der Waals surface area (Å²) in [5, 5.41) is 11.6. The lowest BCUT2D eigenvalue weighted by Crippen LogP contribution is -2.44. The van der Waals surface area contributed by atoms with E-state index in [1.54, 1.807) is 12.0 Å². The second-order valence-corrected chi connectivity index (χ2v) is 7.45. The van der Waals surface area contributed by atoms with Crippen LogP contribution in [0.25, 0.3) is 0 Å². The summed E-state index contributed by atoms with van der Waals surface area (Å²) >= 11 is 0. The van der Waals surface area contributed by atoms with Crippen molar-refractivity contribution < 1.29 is 0 Å². The highest BCUT2D eigenvalue weighted by atomic mass is 15.1. The van der Waals surface area contributed by atoms with Gasteiger partial charge >= 0.3 is 0 Å². The van der Waals surface area contributed by atoms with Crippen molar-refractivity contribution in [3.05, 3.63) is 17.0 Å². The van der Waals surface area contributed by atoms with E-state index >= 15 is 0 Å². The Hall–Kier alpha value is -0.830. The first-order valence-electron chi connectivity index (χ1n) is 8.15. The van der Waals surface area contributed by atoms with Crippen LogP contribution in [-0.2, 0) is 13.0 Å². The highest BCUT2D eigenvalue weighted by Gasteiger charge is 2.50. The Morgan fingerprint density at radius 1 is 0.947 bits per heavy atom. The molecule has 1 aliphatic heterocycles. The fourth-order valence-corrected chi connectivity index (χ4v) is 5.92.